The Bertz CT molecular complexity index is 464. The van der Waals surface area contributed by atoms with Crippen molar-refractivity contribution >= 4 is 23.5 Å². The number of thioether (sulfide) groups is 1. The molecule has 0 heterocycles. The molecule has 1 aliphatic carbocycles. The number of benzene rings is 1. The van der Waals surface area contributed by atoms with Crippen molar-refractivity contribution in [2.24, 2.45) is 11.8 Å². The second-order valence-corrected chi connectivity index (χ2v) is 6.58. The van der Waals surface area contributed by atoms with E-state index in [0.717, 1.165) is 17.0 Å². The van der Waals surface area contributed by atoms with E-state index in [1.165, 1.54) is 12.8 Å². The summed E-state index contributed by atoms with van der Waals surface area (Å²) < 4.78 is 0. The molecule has 3 atom stereocenters. The van der Waals surface area contributed by atoms with Crippen molar-refractivity contribution in [3.8, 4) is 0 Å². The van der Waals surface area contributed by atoms with Crippen LogP contribution in [0.25, 0.3) is 0 Å². The van der Waals surface area contributed by atoms with E-state index in [9.17, 15) is 4.79 Å². The lowest BCUT2D eigenvalue weighted by Gasteiger charge is -2.34. The van der Waals surface area contributed by atoms with Crippen LogP contribution in [0, 0.1) is 11.8 Å². The van der Waals surface area contributed by atoms with Crippen LogP contribution >= 0.6 is 11.8 Å². The van der Waals surface area contributed by atoms with Crippen molar-refractivity contribution < 1.29 is 4.79 Å². The van der Waals surface area contributed by atoms with E-state index in [1.807, 2.05) is 30.5 Å². The van der Waals surface area contributed by atoms with Crippen molar-refractivity contribution in [1.82, 2.24) is 5.32 Å². The van der Waals surface area contributed by atoms with Gasteiger partial charge in [-0.15, -0.1) is 11.8 Å². The number of urea groups is 1. The number of carbonyl (C=O) groups is 1. The second-order valence-electron chi connectivity index (χ2n) is 5.70. The molecule has 20 heavy (non-hydrogen) atoms. The van der Waals surface area contributed by atoms with Gasteiger partial charge in [0.2, 0.25) is 0 Å². The van der Waals surface area contributed by atoms with Gasteiger partial charge in [0.25, 0.3) is 0 Å². The largest absolute Gasteiger partial charge is 0.335 e. The molecule has 110 valence electrons. The third kappa shape index (κ3) is 3.92. The van der Waals surface area contributed by atoms with Crippen LogP contribution in [-0.4, -0.2) is 18.3 Å². The van der Waals surface area contributed by atoms with Crippen molar-refractivity contribution in [1.29, 1.82) is 0 Å². The van der Waals surface area contributed by atoms with Crippen LogP contribution in [0.5, 0.6) is 0 Å². The van der Waals surface area contributed by atoms with Crippen LogP contribution in [-0.2, 0) is 0 Å². The number of anilines is 1. The first kappa shape index (κ1) is 15.2. The van der Waals surface area contributed by atoms with Crippen LogP contribution < -0.4 is 10.6 Å². The molecule has 3 unspecified atom stereocenters. The second kappa shape index (κ2) is 7.02. The standard InChI is InChI=1S/C16H24N2OS/c1-11-6-4-9-15(12(11)2)18-16(19)17-13-7-5-8-14(10-13)20-3/h5,7-8,10-12,15H,4,6,9H2,1-3H3,(H2,17,18,19). The summed E-state index contributed by atoms with van der Waals surface area (Å²) in [4.78, 5) is 13.3. The number of hydrogen-bond acceptors (Lipinski definition) is 2. The van der Waals surface area contributed by atoms with E-state index in [-0.39, 0.29) is 6.03 Å². The molecule has 1 aromatic rings. The highest BCUT2D eigenvalue weighted by Gasteiger charge is 2.28. The molecule has 0 aromatic heterocycles. The maximum absolute atomic E-state index is 12.1. The van der Waals surface area contributed by atoms with Gasteiger partial charge in [0, 0.05) is 16.6 Å². The van der Waals surface area contributed by atoms with Crippen LogP contribution in [0.4, 0.5) is 10.5 Å². The third-order valence-corrected chi connectivity index (χ3v) is 5.08. The highest BCUT2D eigenvalue weighted by Crippen LogP contribution is 2.29. The average molecular weight is 292 g/mol. The fourth-order valence-electron chi connectivity index (χ4n) is 2.82. The number of carbonyl (C=O) groups excluding carboxylic acids is 1. The summed E-state index contributed by atoms with van der Waals surface area (Å²) in [5, 5.41) is 6.06. The van der Waals surface area contributed by atoms with Crippen LogP contribution in [0.15, 0.2) is 29.2 Å². The van der Waals surface area contributed by atoms with Gasteiger partial charge in [-0.05, 0) is 42.7 Å². The van der Waals surface area contributed by atoms with Crippen molar-refractivity contribution in [3.63, 3.8) is 0 Å². The van der Waals surface area contributed by atoms with E-state index >= 15 is 0 Å². The summed E-state index contributed by atoms with van der Waals surface area (Å²) in [6.07, 6.45) is 5.60. The van der Waals surface area contributed by atoms with Gasteiger partial charge in [0.1, 0.15) is 0 Å². The molecule has 1 fully saturated rings. The van der Waals surface area contributed by atoms with Gasteiger partial charge in [-0.1, -0.05) is 32.8 Å². The number of nitrogens with one attached hydrogen (secondary N) is 2. The molecule has 2 rings (SSSR count). The topological polar surface area (TPSA) is 41.1 Å². The van der Waals surface area contributed by atoms with E-state index in [4.69, 9.17) is 0 Å². The number of rotatable bonds is 3. The maximum atomic E-state index is 12.1. The Morgan fingerprint density at radius 1 is 1.30 bits per heavy atom. The summed E-state index contributed by atoms with van der Waals surface area (Å²) in [6.45, 7) is 4.52. The molecule has 3 nitrogen and oxygen atoms in total. The monoisotopic (exact) mass is 292 g/mol. The lowest BCUT2D eigenvalue weighted by molar-refractivity contribution is 0.201. The molecule has 0 aliphatic heterocycles. The zero-order chi connectivity index (χ0) is 14.5. The highest BCUT2D eigenvalue weighted by molar-refractivity contribution is 7.98. The Hall–Kier alpha value is -1.16. The van der Waals surface area contributed by atoms with E-state index < -0.39 is 0 Å². The van der Waals surface area contributed by atoms with E-state index in [1.54, 1.807) is 11.8 Å². The molecule has 1 saturated carbocycles. The van der Waals surface area contributed by atoms with E-state index in [0.29, 0.717) is 17.9 Å². The third-order valence-electron chi connectivity index (χ3n) is 4.35. The minimum absolute atomic E-state index is 0.0887. The molecule has 0 bridgehead atoms. The Morgan fingerprint density at radius 2 is 2.10 bits per heavy atom. The first-order valence-corrected chi connectivity index (χ1v) is 8.54. The molecular formula is C16H24N2OS. The summed E-state index contributed by atoms with van der Waals surface area (Å²) in [7, 11) is 0. The minimum atomic E-state index is -0.0887. The molecule has 1 aromatic carbocycles. The van der Waals surface area contributed by atoms with Crippen molar-refractivity contribution in [3.05, 3.63) is 24.3 Å². The maximum Gasteiger partial charge on any atom is 0.319 e. The highest BCUT2D eigenvalue weighted by atomic mass is 32.2. The van der Waals surface area contributed by atoms with Crippen LogP contribution in [0.3, 0.4) is 0 Å². The lowest BCUT2D eigenvalue weighted by Crippen LogP contribution is -2.45. The number of amides is 2. The first-order valence-electron chi connectivity index (χ1n) is 7.31. The fraction of sp³-hybridized carbons (Fsp3) is 0.562. The summed E-state index contributed by atoms with van der Waals surface area (Å²) in [6, 6.07) is 8.13. The number of hydrogen-bond donors (Lipinski definition) is 2. The molecule has 0 saturated heterocycles. The zero-order valence-corrected chi connectivity index (χ0v) is 13.3. The summed E-state index contributed by atoms with van der Waals surface area (Å²) in [5.41, 5.74) is 0.853. The lowest BCUT2D eigenvalue weighted by atomic mass is 9.78. The molecule has 0 radical (unpaired) electrons. The summed E-state index contributed by atoms with van der Waals surface area (Å²) >= 11 is 1.67. The fourth-order valence-corrected chi connectivity index (χ4v) is 3.28. The molecule has 4 heteroatoms. The van der Waals surface area contributed by atoms with Gasteiger partial charge < -0.3 is 10.6 Å². The van der Waals surface area contributed by atoms with E-state index in [2.05, 4.69) is 24.5 Å². The molecule has 2 amide bonds. The predicted octanol–water partition coefficient (Wildman–Crippen LogP) is 4.35. The average Bonchev–Trinajstić information content (AvgIpc) is 2.44. The minimum Gasteiger partial charge on any atom is -0.335 e. The normalized spacial score (nSPS) is 26.1. The van der Waals surface area contributed by atoms with Crippen LogP contribution in [0.1, 0.15) is 33.1 Å². The molecule has 2 N–H and O–H groups in total. The summed E-state index contributed by atoms with van der Waals surface area (Å²) in [5.74, 6) is 1.24. The van der Waals surface area contributed by atoms with Gasteiger partial charge >= 0.3 is 6.03 Å². The Kier molecular flexibility index (Phi) is 5.35. The van der Waals surface area contributed by atoms with Crippen LogP contribution in [0.2, 0.25) is 0 Å². The quantitative estimate of drug-likeness (QED) is 0.813. The molecule has 1 aliphatic rings. The van der Waals surface area contributed by atoms with Gasteiger partial charge in [0.05, 0.1) is 0 Å². The Morgan fingerprint density at radius 3 is 2.85 bits per heavy atom. The predicted molar refractivity (Wildman–Crippen MR) is 86.3 cm³/mol. The van der Waals surface area contributed by atoms with Crippen molar-refractivity contribution in [2.45, 2.75) is 44.0 Å². The first-order chi connectivity index (χ1) is 9.60. The SMILES string of the molecule is CSc1cccc(NC(=O)NC2CCCC(C)C2C)c1. The smallest absolute Gasteiger partial charge is 0.319 e. The van der Waals surface area contributed by atoms with Gasteiger partial charge in [0.15, 0.2) is 0 Å². The molecule has 0 spiro atoms. The Labute approximate surface area is 125 Å². The molecular weight excluding hydrogens is 268 g/mol. The van der Waals surface area contributed by atoms with Gasteiger partial charge in [-0.25, -0.2) is 4.79 Å². The van der Waals surface area contributed by atoms with Gasteiger partial charge in [-0.2, -0.15) is 0 Å². The van der Waals surface area contributed by atoms with Crippen molar-refractivity contribution in [2.75, 3.05) is 11.6 Å². The van der Waals surface area contributed by atoms with Gasteiger partial charge in [-0.3, -0.25) is 0 Å². The zero-order valence-electron chi connectivity index (χ0n) is 12.5. The Balaban J connectivity index is 1.91.